The van der Waals surface area contributed by atoms with Gasteiger partial charge in [-0.1, -0.05) is 0 Å². The van der Waals surface area contributed by atoms with Gasteiger partial charge in [0.1, 0.15) is 12.4 Å². The molecule has 1 aliphatic carbocycles. The third-order valence-electron chi connectivity index (χ3n) is 3.97. The van der Waals surface area contributed by atoms with E-state index in [-0.39, 0.29) is 23.8 Å². The molecule has 10 heteroatoms. The van der Waals surface area contributed by atoms with E-state index < -0.39 is 18.7 Å². The average molecular weight is 375 g/mol. The van der Waals surface area contributed by atoms with Gasteiger partial charge in [-0.25, -0.2) is 4.98 Å². The first-order chi connectivity index (χ1) is 12.1. The molecule has 1 aromatic rings. The van der Waals surface area contributed by atoms with Crippen molar-refractivity contribution in [2.24, 2.45) is 5.73 Å². The maximum absolute atomic E-state index is 12.2. The summed E-state index contributed by atoms with van der Waals surface area (Å²) in [6, 6.07) is 0.0872. The fourth-order valence-electron chi connectivity index (χ4n) is 2.78. The minimum Gasteiger partial charge on any atom is -0.369 e. The average Bonchev–Trinajstić information content (AvgIpc) is 2.53. The van der Waals surface area contributed by atoms with E-state index in [9.17, 15) is 18.0 Å². The number of anilines is 2. The van der Waals surface area contributed by atoms with Crippen molar-refractivity contribution in [2.45, 2.75) is 63.9 Å². The van der Waals surface area contributed by atoms with Crippen molar-refractivity contribution in [1.29, 1.82) is 0 Å². The molecular weight excluding hydrogens is 351 g/mol. The van der Waals surface area contributed by atoms with Crippen LogP contribution in [0.1, 0.15) is 49.9 Å². The number of hydrogen-bond acceptors (Lipinski definition) is 6. The third-order valence-corrected chi connectivity index (χ3v) is 3.97. The van der Waals surface area contributed by atoms with Gasteiger partial charge in [0.25, 0.3) is 5.91 Å². The molecule has 1 aromatic heterocycles. The predicted octanol–water partition coefficient (Wildman–Crippen LogP) is 2.70. The standard InChI is InChI=1S/C16H24F3N5O2/c1-9(2)22-14-12(13(20)25)7-21-15(24-14)23-10-3-5-11(6-4-10)26-8-16(17,18)19/h7,9-11H,3-6,8H2,1-2H3,(H2,20,25)(H2,21,22,23,24)/t10-,11-. The maximum atomic E-state index is 12.2. The fraction of sp³-hybridized carbons (Fsp3) is 0.688. The first-order valence-electron chi connectivity index (χ1n) is 8.52. The number of carbonyl (C=O) groups excluding carboxylic acids is 1. The van der Waals surface area contributed by atoms with Crippen molar-refractivity contribution in [1.82, 2.24) is 9.97 Å². The Bertz CT molecular complexity index is 616. The molecule has 0 unspecified atom stereocenters. The quantitative estimate of drug-likeness (QED) is 0.677. The molecule has 7 nitrogen and oxygen atoms in total. The molecular formula is C16H24F3N5O2. The molecule has 4 N–H and O–H groups in total. The highest BCUT2D eigenvalue weighted by atomic mass is 19.4. The van der Waals surface area contributed by atoms with Crippen LogP contribution in [0.4, 0.5) is 24.9 Å². The molecule has 0 bridgehead atoms. The molecule has 146 valence electrons. The number of alkyl halides is 3. The van der Waals surface area contributed by atoms with Crippen LogP contribution < -0.4 is 16.4 Å². The lowest BCUT2D eigenvalue weighted by atomic mass is 9.93. The Morgan fingerprint density at radius 2 is 2.00 bits per heavy atom. The number of nitrogens with one attached hydrogen (secondary N) is 2. The molecule has 0 atom stereocenters. The van der Waals surface area contributed by atoms with E-state index in [0.717, 1.165) is 0 Å². The summed E-state index contributed by atoms with van der Waals surface area (Å²) in [6.45, 7) is 2.60. The Morgan fingerprint density at radius 3 is 2.54 bits per heavy atom. The first kappa shape index (κ1) is 20.2. The highest BCUT2D eigenvalue weighted by Gasteiger charge is 2.31. The van der Waals surface area contributed by atoms with Gasteiger partial charge in [0.05, 0.1) is 11.7 Å². The lowest BCUT2D eigenvalue weighted by Crippen LogP contribution is -2.32. The zero-order valence-corrected chi connectivity index (χ0v) is 14.8. The van der Waals surface area contributed by atoms with E-state index in [2.05, 4.69) is 20.6 Å². The van der Waals surface area contributed by atoms with Crippen molar-refractivity contribution < 1.29 is 22.7 Å². The number of hydrogen-bond donors (Lipinski definition) is 3. The smallest absolute Gasteiger partial charge is 0.369 e. The van der Waals surface area contributed by atoms with Crippen molar-refractivity contribution in [3.8, 4) is 0 Å². The van der Waals surface area contributed by atoms with Crippen molar-refractivity contribution in [2.75, 3.05) is 17.2 Å². The molecule has 1 heterocycles. The monoisotopic (exact) mass is 375 g/mol. The Hall–Kier alpha value is -2.10. The van der Waals surface area contributed by atoms with Crippen molar-refractivity contribution in [3.05, 3.63) is 11.8 Å². The maximum Gasteiger partial charge on any atom is 0.411 e. The number of primary amides is 1. The van der Waals surface area contributed by atoms with Gasteiger partial charge >= 0.3 is 6.18 Å². The number of nitrogens with two attached hydrogens (primary N) is 1. The van der Waals surface area contributed by atoms with E-state index >= 15 is 0 Å². The van der Waals surface area contributed by atoms with Gasteiger partial charge in [-0.3, -0.25) is 4.79 Å². The molecule has 0 spiro atoms. The fourth-order valence-corrected chi connectivity index (χ4v) is 2.78. The third kappa shape index (κ3) is 6.32. The second-order valence-corrected chi connectivity index (χ2v) is 6.66. The Kier molecular flexibility index (Phi) is 6.63. The largest absolute Gasteiger partial charge is 0.411 e. The molecule has 1 fully saturated rings. The summed E-state index contributed by atoms with van der Waals surface area (Å²) in [4.78, 5) is 19.9. The zero-order valence-electron chi connectivity index (χ0n) is 14.8. The lowest BCUT2D eigenvalue weighted by Gasteiger charge is -2.29. The van der Waals surface area contributed by atoms with Crippen LogP contribution in [0.2, 0.25) is 0 Å². The van der Waals surface area contributed by atoms with Gasteiger partial charge in [0, 0.05) is 18.3 Å². The number of amides is 1. The van der Waals surface area contributed by atoms with Crippen molar-refractivity contribution in [3.63, 3.8) is 0 Å². The number of ether oxygens (including phenoxy) is 1. The molecule has 0 aromatic carbocycles. The molecule has 1 aliphatic rings. The first-order valence-corrected chi connectivity index (χ1v) is 8.52. The van der Waals surface area contributed by atoms with Crippen LogP contribution in [0.3, 0.4) is 0 Å². The summed E-state index contributed by atoms with van der Waals surface area (Å²) < 4.78 is 41.5. The van der Waals surface area contributed by atoms with Gasteiger partial charge in [-0.2, -0.15) is 18.2 Å². The molecule has 0 radical (unpaired) electrons. The zero-order chi connectivity index (χ0) is 19.3. The molecule has 0 saturated heterocycles. The lowest BCUT2D eigenvalue weighted by molar-refractivity contribution is -0.187. The number of rotatable bonds is 7. The van der Waals surface area contributed by atoms with Gasteiger partial charge in [-0.05, 0) is 39.5 Å². The second kappa shape index (κ2) is 8.52. The summed E-state index contributed by atoms with van der Waals surface area (Å²) in [6.07, 6.45) is -0.960. The van der Waals surface area contributed by atoms with Crippen LogP contribution in [0.5, 0.6) is 0 Å². The Labute approximate surface area is 149 Å². The molecule has 0 aliphatic heterocycles. The number of carbonyl (C=O) groups is 1. The molecule has 2 rings (SSSR count). The Morgan fingerprint density at radius 1 is 1.35 bits per heavy atom. The highest BCUT2D eigenvalue weighted by Crippen LogP contribution is 2.26. The van der Waals surface area contributed by atoms with Crippen LogP contribution in [0.25, 0.3) is 0 Å². The summed E-state index contributed by atoms with van der Waals surface area (Å²) in [5.74, 6) is 0.0760. The molecule has 1 saturated carbocycles. The predicted molar refractivity (Wildman–Crippen MR) is 91.0 cm³/mol. The normalized spacial score (nSPS) is 20.8. The van der Waals surface area contributed by atoms with E-state index in [0.29, 0.717) is 37.4 Å². The summed E-state index contributed by atoms with van der Waals surface area (Å²) in [7, 11) is 0. The van der Waals surface area contributed by atoms with Gasteiger partial charge in [0.15, 0.2) is 0 Å². The summed E-state index contributed by atoms with van der Waals surface area (Å²) in [5.41, 5.74) is 5.53. The van der Waals surface area contributed by atoms with Crippen LogP contribution in [0, 0.1) is 0 Å². The number of halogens is 3. The summed E-state index contributed by atoms with van der Waals surface area (Å²) in [5, 5.41) is 6.21. The molecule has 26 heavy (non-hydrogen) atoms. The minimum absolute atomic E-state index is 0.0343. The SMILES string of the molecule is CC(C)Nc1nc(N[C@H]2CC[C@H](OCC(F)(F)F)CC2)ncc1C(N)=O. The van der Waals surface area contributed by atoms with E-state index in [1.54, 1.807) is 0 Å². The molecule has 1 amide bonds. The van der Waals surface area contributed by atoms with E-state index in [1.807, 2.05) is 13.8 Å². The Balaban J connectivity index is 1.92. The van der Waals surface area contributed by atoms with Crippen LogP contribution in [0.15, 0.2) is 6.20 Å². The second-order valence-electron chi connectivity index (χ2n) is 6.66. The topological polar surface area (TPSA) is 102 Å². The summed E-state index contributed by atoms with van der Waals surface area (Å²) >= 11 is 0. The number of nitrogens with zero attached hydrogens (tertiary/aromatic N) is 2. The van der Waals surface area contributed by atoms with E-state index in [1.165, 1.54) is 6.20 Å². The van der Waals surface area contributed by atoms with Crippen LogP contribution in [-0.4, -0.2) is 46.8 Å². The van der Waals surface area contributed by atoms with Crippen LogP contribution in [-0.2, 0) is 4.74 Å². The number of aromatic nitrogens is 2. The van der Waals surface area contributed by atoms with Crippen LogP contribution >= 0.6 is 0 Å². The van der Waals surface area contributed by atoms with Gasteiger partial charge < -0.3 is 21.1 Å². The van der Waals surface area contributed by atoms with E-state index in [4.69, 9.17) is 10.5 Å². The minimum atomic E-state index is -4.30. The van der Waals surface area contributed by atoms with Gasteiger partial charge in [-0.15, -0.1) is 0 Å². The van der Waals surface area contributed by atoms with Crippen molar-refractivity contribution >= 4 is 17.7 Å². The van der Waals surface area contributed by atoms with Gasteiger partial charge in [0.2, 0.25) is 5.95 Å². The highest BCUT2D eigenvalue weighted by molar-refractivity contribution is 5.97.